The molecule has 1 aromatic carbocycles. The summed E-state index contributed by atoms with van der Waals surface area (Å²) in [7, 11) is 0. The molecule has 16 heavy (non-hydrogen) atoms. The van der Waals surface area contributed by atoms with Crippen molar-refractivity contribution in [3.05, 3.63) is 35.9 Å². The first-order valence-corrected chi connectivity index (χ1v) is 5.28. The van der Waals surface area contributed by atoms with Crippen LogP contribution in [-0.4, -0.2) is 5.54 Å². The molecule has 0 bridgehead atoms. The van der Waals surface area contributed by atoms with Gasteiger partial charge in [-0.25, -0.2) is 0 Å². The first-order chi connectivity index (χ1) is 7.37. The van der Waals surface area contributed by atoms with Crippen molar-refractivity contribution < 1.29 is 0 Å². The normalized spacial score (nSPS) is 15.7. The SMILES string of the molecule is CC(C)(C)N=NC(C)(C#N)c1ccccc1. The van der Waals surface area contributed by atoms with Crippen molar-refractivity contribution in [2.45, 2.75) is 38.8 Å². The molecule has 0 fully saturated rings. The number of hydrogen-bond acceptors (Lipinski definition) is 3. The molecule has 1 aromatic rings. The van der Waals surface area contributed by atoms with Gasteiger partial charge in [-0.15, -0.1) is 0 Å². The molecular weight excluding hydrogens is 198 g/mol. The fraction of sp³-hybridized carbons (Fsp3) is 0.462. The molecule has 1 unspecified atom stereocenters. The topological polar surface area (TPSA) is 48.5 Å². The minimum Gasteiger partial charge on any atom is -0.195 e. The molecule has 84 valence electrons. The van der Waals surface area contributed by atoms with E-state index in [4.69, 9.17) is 0 Å². The second kappa shape index (κ2) is 4.44. The number of rotatable bonds is 2. The Morgan fingerprint density at radius 2 is 1.56 bits per heavy atom. The van der Waals surface area contributed by atoms with E-state index >= 15 is 0 Å². The Morgan fingerprint density at radius 1 is 1.00 bits per heavy atom. The molecule has 0 aromatic heterocycles. The summed E-state index contributed by atoms with van der Waals surface area (Å²) in [6.45, 7) is 7.65. The Hall–Kier alpha value is -1.69. The molecule has 0 heterocycles. The Bertz CT molecular complexity index is 409. The van der Waals surface area contributed by atoms with Crippen LogP contribution in [0, 0.1) is 11.3 Å². The third-order valence-corrected chi connectivity index (χ3v) is 2.10. The largest absolute Gasteiger partial charge is 0.195 e. The zero-order valence-corrected chi connectivity index (χ0v) is 10.2. The van der Waals surface area contributed by atoms with Crippen molar-refractivity contribution in [2.75, 3.05) is 0 Å². The summed E-state index contributed by atoms with van der Waals surface area (Å²) in [6.07, 6.45) is 0. The van der Waals surface area contributed by atoms with Crippen LogP contribution < -0.4 is 0 Å². The number of hydrogen-bond donors (Lipinski definition) is 0. The van der Waals surface area contributed by atoms with Crippen LogP contribution in [0.2, 0.25) is 0 Å². The number of benzene rings is 1. The van der Waals surface area contributed by atoms with Gasteiger partial charge in [0.2, 0.25) is 0 Å². The van der Waals surface area contributed by atoms with Crippen molar-refractivity contribution in [2.24, 2.45) is 10.2 Å². The van der Waals surface area contributed by atoms with Crippen LogP contribution in [0.25, 0.3) is 0 Å². The van der Waals surface area contributed by atoms with Crippen molar-refractivity contribution >= 4 is 0 Å². The first kappa shape index (κ1) is 12.4. The van der Waals surface area contributed by atoms with E-state index in [9.17, 15) is 5.26 Å². The van der Waals surface area contributed by atoms with Gasteiger partial charge in [0, 0.05) is 0 Å². The summed E-state index contributed by atoms with van der Waals surface area (Å²) in [4.78, 5) is 0. The zero-order chi connectivity index (χ0) is 12.2. The van der Waals surface area contributed by atoms with Gasteiger partial charge in [-0.3, -0.25) is 0 Å². The van der Waals surface area contributed by atoms with Gasteiger partial charge < -0.3 is 0 Å². The van der Waals surface area contributed by atoms with Crippen molar-refractivity contribution in [3.63, 3.8) is 0 Å². The minimum atomic E-state index is -0.894. The summed E-state index contributed by atoms with van der Waals surface area (Å²) >= 11 is 0. The van der Waals surface area contributed by atoms with E-state index in [1.807, 2.05) is 51.1 Å². The number of nitrogens with zero attached hydrogens (tertiary/aromatic N) is 3. The predicted octanol–water partition coefficient (Wildman–Crippen LogP) is 3.68. The molecule has 0 aliphatic heterocycles. The van der Waals surface area contributed by atoms with E-state index in [0.29, 0.717) is 0 Å². The van der Waals surface area contributed by atoms with E-state index in [2.05, 4.69) is 16.3 Å². The molecular formula is C13H17N3. The molecule has 0 saturated heterocycles. The van der Waals surface area contributed by atoms with E-state index in [-0.39, 0.29) is 5.54 Å². The highest BCUT2D eigenvalue weighted by atomic mass is 15.2. The van der Waals surface area contributed by atoms with Crippen molar-refractivity contribution in [1.29, 1.82) is 5.26 Å². The average molecular weight is 215 g/mol. The predicted molar refractivity (Wildman–Crippen MR) is 64.0 cm³/mol. The Balaban J connectivity index is 3.06. The molecule has 0 aliphatic rings. The smallest absolute Gasteiger partial charge is 0.189 e. The molecule has 1 atom stereocenters. The van der Waals surface area contributed by atoms with E-state index in [0.717, 1.165) is 5.56 Å². The second-order valence-electron chi connectivity index (χ2n) is 4.92. The fourth-order valence-electron chi connectivity index (χ4n) is 1.16. The highest BCUT2D eigenvalue weighted by Gasteiger charge is 2.26. The van der Waals surface area contributed by atoms with Gasteiger partial charge in [-0.2, -0.15) is 15.5 Å². The van der Waals surface area contributed by atoms with Gasteiger partial charge in [0.25, 0.3) is 0 Å². The van der Waals surface area contributed by atoms with Gasteiger partial charge in [-0.1, -0.05) is 30.3 Å². The molecule has 0 amide bonds. The van der Waals surface area contributed by atoms with Crippen LogP contribution in [-0.2, 0) is 5.54 Å². The molecule has 0 saturated carbocycles. The maximum Gasteiger partial charge on any atom is 0.189 e. The Morgan fingerprint density at radius 3 is 2.00 bits per heavy atom. The second-order valence-corrected chi connectivity index (χ2v) is 4.92. The molecule has 3 heteroatoms. The maximum atomic E-state index is 9.23. The summed E-state index contributed by atoms with van der Waals surface area (Å²) in [5, 5.41) is 17.6. The van der Waals surface area contributed by atoms with Crippen LogP contribution >= 0.6 is 0 Å². The number of nitriles is 1. The Kier molecular flexibility index (Phi) is 3.44. The highest BCUT2D eigenvalue weighted by Crippen LogP contribution is 2.26. The number of azo groups is 1. The lowest BCUT2D eigenvalue weighted by Crippen LogP contribution is -2.18. The summed E-state index contributed by atoms with van der Waals surface area (Å²) < 4.78 is 0. The van der Waals surface area contributed by atoms with Crippen LogP contribution in [0.5, 0.6) is 0 Å². The zero-order valence-electron chi connectivity index (χ0n) is 10.2. The van der Waals surface area contributed by atoms with Crippen LogP contribution in [0.15, 0.2) is 40.6 Å². The minimum absolute atomic E-state index is 0.257. The maximum absolute atomic E-state index is 9.23. The molecule has 3 nitrogen and oxygen atoms in total. The summed E-state index contributed by atoms with van der Waals surface area (Å²) in [6, 6.07) is 11.7. The van der Waals surface area contributed by atoms with Gasteiger partial charge in [0.05, 0.1) is 11.6 Å². The van der Waals surface area contributed by atoms with E-state index in [1.54, 1.807) is 6.92 Å². The van der Waals surface area contributed by atoms with Gasteiger partial charge in [0.15, 0.2) is 5.54 Å². The molecule has 1 rings (SSSR count). The van der Waals surface area contributed by atoms with Crippen molar-refractivity contribution in [1.82, 2.24) is 0 Å². The van der Waals surface area contributed by atoms with Crippen molar-refractivity contribution in [3.8, 4) is 6.07 Å². The van der Waals surface area contributed by atoms with Gasteiger partial charge >= 0.3 is 0 Å². The molecule has 0 N–H and O–H groups in total. The quantitative estimate of drug-likeness (QED) is 0.694. The highest BCUT2D eigenvalue weighted by molar-refractivity contribution is 5.29. The third-order valence-electron chi connectivity index (χ3n) is 2.10. The monoisotopic (exact) mass is 215 g/mol. The third kappa shape index (κ3) is 3.16. The Labute approximate surface area is 96.8 Å². The van der Waals surface area contributed by atoms with Crippen LogP contribution in [0.3, 0.4) is 0 Å². The van der Waals surface area contributed by atoms with Crippen LogP contribution in [0.4, 0.5) is 0 Å². The fourth-order valence-corrected chi connectivity index (χ4v) is 1.16. The van der Waals surface area contributed by atoms with Crippen LogP contribution in [0.1, 0.15) is 33.3 Å². The summed E-state index contributed by atoms with van der Waals surface area (Å²) in [5.41, 5.74) is -0.285. The summed E-state index contributed by atoms with van der Waals surface area (Å²) in [5.74, 6) is 0. The van der Waals surface area contributed by atoms with Gasteiger partial charge in [0.1, 0.15) is 0 Å². The molecule has 0 aliphatic carbocycles. The molecule has 0 radical (unpaired) electrons. The lowest BCUT2D eigenvalue weighted by Gasteiger charge is -2.18. The standard InChI is InChI=1S/C13H17N3/c1-12(2,3)15-16-13(4,10-14)11-8-6-5-7-9-11/h5-9H,1-4H3. The molecule has 0 spiro atoms. The van der Waals surface area contributed by atoms with Gasteiger partial charge in [-0.05, 0) is 33.3 Å². The average Bonchev–Trinajstić information content (AvgIpc) is 2.26. The van der Waals surface area contributed by atoms with E-state index in [1.165, 1.54) is 0 Å². The first-order valence-electron chi connectivity index (χ1n) is 5.28. The lowest BCUT2D eigenvalue weighted by atomic mass is 9.95. The van der Waals surface area contributed by atoms with E-state index < -0.39 is 5.54 Å². The lowest BCUT2D eigenvalue weighted by molar-refractivity contribution is 0.487.